The maximum absolute atomic E-state index is 2.37. The van der Waals surface area contributed by atoms with Crippen LogP contribution >= 0.6 is 0 Å². The molecule has 0 N–H and O–H groups in total. The van der Waals surface area contributed by atoms with Gasteiger partial charge in [0.05, 0.1) is 0 Å². The van der Waals surface area contributed by atoms with Crippen LogP contribution in [0, 0.1) is 5.92 Å². The summed E-state index contributed by atoms with van der Waals surface area (Å²) in [6, 6.07) is 0. The number of rotatable bonds is 9. The summed E-state index contributed by atoms with van der Waals surface area (Å²) in [5.41, 5.74) is 0. The van der Waals surface area contributed by atoms with Crippen LogP contribution < -0.4 is 0 Å². The summed E-state index contributed by atoms with van der Waals surface area (Å²) in [7, 11) is 4.31. The van der Waals surface area contributed by atoms with Gasteiger partial charge in [0.25, 0.3) is 0 Å². The topological polar surface area (TPSA) is 3.24 Å². The van der Waals surface area contributed by atoms with E-state index in [4.69, 9.17) is 0 Å². The molecule has 0 bridgehead atoms. The highest BCUT2D eigenvalue weighted by molar-refractivity contribution is 4.52. The summed E-state index contributed by atoms with van der Waals surface area (Å²) >= 11 is 0. The van der Waals surface area contributed by atoms with Crippen molar-refractivity contribution in [3.8, 4) is 0 Å². The minimum Gasteiger partial charge on any atom is -0.309 e. The lowest BCUT2D eigenvalue weighted by Gasteiger charge is -2.09. The number of nitrogens with zero attached hydrogens (tertiary/aromatic N) is 1. The van der Waals surface area contributed by atoms with Crippen LogP contribution in [0.2, 0.25) is 0 Å². The highest BCUT2D eigenvalue weighted by Crippen LogP contribution is 2.13. The predicted octanol–water partition coefficient (Wildman–Crippen LogP) is 3.93. The molecular weight excluding hydrogens is 170 g/mol. The molecule has 1 heteroatoms. The summed E-state index contributed by atoms with van der Waals surface area (Å²) in [5, 5.41) is 0. The Morgan fingerprint density at radius 1 is 0.929 bits per heavy atom. The van der Waals surface area contributed by atoms with Crippen molar-refractivity contribution in [1.29, 1.82) is 0 Å². The van der Waals surface area contributed by atoms with Crippen LogP contribution in [-0.2, 0) is 0 Å². The first-order valence-corrected chi connectivity index (χ1v) is 6.31. The molecule has 0 saturated heterocycles. The molecule has 0 aliphatic carbocycles. The van der Waals surface area contributed by atoms with E-state index in [-0.39, 0.29) is 0 Å². The fraction of sp³-hybridized carbons (Fsp3) is 1.00. The SMILES string of the molecule is CC[C@@H](C)CCCCCCCN(C)C. The van der Waals surface area contributed by atoms with Crippen LogP contribution in [0.15, 0.2) is 0 Å². The van der Waals surface area contributed by atoms with Crippen LogP contribution in [0.25, 0.3) is 0 Å². The molecule has 0 unspecified atom stereocenters. The average Bonchev–Trinajstić information content (AvgIpc) is 2.15. The lowest BCUT2D eigenvalue weighted by Crippen LogP contribution is -2.12. The zero-order valence-electron chi connectivity index (χ0n) is 10.7. The van der Waals surface area contributed by atoms with Gasteiger partial charge < -0.3 is 4.90 Å². The molecule has 14 heavy (non-hydrogen) atoms. The second-order valence-electron chi connectivity index (χ2n) is 4.87. The largest absolute Gasteiger partial charge is 0.309 e. The van der Waals surface area contributed by atoms with Gasteiger partial charge in [-0.15, -0.1) is 0 Å². The van der Waals surface area contributed by atoms with Crippen molar-refractivity contribution >= 4 is 0 Å². The van der Waals surface area contributed by atoms with Crippen molar-refractivity contribution in [2.45, 2.75) is 58.8 Å². The average molecular weight is 199 g/mol. The highest BCUT2D eigenvalue weighted by atomic mass is 15.0. The molecular formula is C13H29N. The molecule has 1 nitrogen and oxygen atoms in total. The maximum atomic E-state index is 2.37. The Morgan fingerprint density at radius 2 is 1.50 bits per heavy atom. The smallest absolute Gasteiger partial charge is 0.00248 e. The summed E-state index contributed by atoms with van der Waals surface area (Å²) in [6.45, 7) is 5.92. The third-order valence-corrected chi connectivity index (χ3v) is 3.00. The van der Waals surface area contributed by atoms with E-state index < -0.39 is 0 Å². The van der Waals surface area contributed by atoms with Crippen LogP contribution in [0.4, 0.5) is 0 Å². The molecule has 0 aliphatic heterocycles. The molecule has 0 aromatic carbocycles. The van der Waals surface area contributed by atoms with E-state index in [9.17, 15) is 0 Å². The highest BCUT2D eigenvalue weighted by Gasteiger charge is 1.98. The molecule has 0 saturated carbocycles. The zero-order chi connectivity index (χ0) is 10.8. The van der Waals surface area contributed by atoms with Crippen LogP contribution in [0.1, 0.15) is 58.8 Å². The van der Waals surface area contributed by atoms with E-state index >= 15 is 0 Å². The van der Waals surface area contributed by atoms with Gasteiger partial charge in [0.1, 0.15) is 0 Å². The van der Waals surface area contributed by atoms with E-state index in [0.29, 0.717) is 0 Å². The van der Waals surface area contributed by atoms with Crippen molar-refractivity contribution in [3.63, 3.8) is 0 Å². The van der Waals surface area contributed by atoms with Crippen molar-refractivity contribution in [1.82, 2.24) is 4.90 Å². The standard InChI is InChI=1S/C13H29N/c1-5-13(2)11-9-7-6-8-10-12-14(3)4/h13H,5-12H2,1-4H3/t13-/m1/s1. The van der Waals surface area contributed by atoms with Gasteiger partial charge in [0.2, 0.25) is 0 Å². The second-order valence-corrected chi connectivity index (χ2v) is 4.87. The fourth-order valence-electron chi connectivity index (χ4n) is 1.66. The minimum atomic E-state index is 0.941. The Bertz CT molecular complexity index is 110. The minimum absolute atomic E-state index is 0.941. The van der Waals surface area contributed by atoms with E-state index in [1.54, 1.807) is 0 Å². The van der Waals surface area contributed by atoms with Crippen LogP contribution in [0.5, 0.6) is 0 Å². The zero-order valence-corrected chi connectivity index (χ0v) is 10.7. The van der Waals surface area contributed by atoms with Crippen molar-refractivity contribution in [2.75, 3.05) is 20.6 Å². The van der Waals surface area contributed by atoms with Crippen LogP contribution in [0.3, 0.4) is 0 Å². The normalized spacial score (nSPS) is 13.5. The molecule has 86 valence electrons. The summed E-state index contributed by atoms with van der Waals surface area (Å²) in [5.74, 6) is 0.941. The molecule has 0 rings (SSSR count). The summed E-state index contributed by atoms with van der Waals surface area (Å²) in [6.07, 6.45) is 9.89. The van der Waals surface area contributed by atoms with Gasteiger partial charge in [-0.05, 0) is 33.0 Å². The molecule has 1 atom stereocenters. The first kappa shape index (κ1) is 14.0. The summed E-state index contributed by atoms with van der Waals surface area (Å²) in [4.78, 5) is 2.28. The van der Waals surface area contributed by atoms with E-state index in [2.05, 4.69) is 32.8 Å². The first-order valence-electron chi connectivity index (χ1n) is 6.31. The van der Waals surface area contributed by atoms with Gasteiger partial charge in [-0.2, -0.15) is 0 Å². The van der Waals surface area contributed by atoms with Gasteiger partial charge in [-0.25, -0.2) is 0 Å². The lowest BCUT2D eigenvalue weighted by molar-refractivity contribution is 0.387. The number of hydrogen-bond acceptors (Lipinski definition) is 1. The molecule has 0 aromatic rings. The number of unbranched alkanes of at least 4 members (excludes halogenated alkanes) is 4. The lowest BCUT2D eigenvalue weighted by atomic mass is 10.00. The molecule has 0 spiro atoms. The molecule has 0 aliphatic rings. The Hall–Kier alpha value is -0.0400. The van der Waals surface area contributed by atoms with Crippen molar-refractivity contribution < 1.29 is 0 Å². The monoisotopic (exact) mass is 199 g/mol. The predicted molar refractivity (Wildman–Crippen MR) is 65.7 cm³/mol. The van der Waals surface area contributed by atoms with Gasteiger partial charge in [0.15, 0.2) is 0 Å². The molecule has 0 aromatic heterocycles. The number of hydrogen-bond donors (Lipinski definition) is 0. The quantitative estimate of drug-likeness (QED) is 0.508. The first-order chi connectivity index (χ1) is 6.66. The molecule has 0 heterocycles. The van der Waals surface area contributed by atoms with Gasteiger partial charge in [-0.3, -0.25) is 0 Å². The molecule has 0 fully saturated rings. The Labute approximate surface area is 90.9 Å². The Morgan fingerprint density at radius 3 is 2.07 bits per heavy atom. The third-order valence-electron chi connectivity index (χ3n) is 3.00. The van der Waals surface area contributed by atoms with Crippen molar-refractivity contribution in [2.24, 2.45) is 5.92 Å². The Kier molecular flexibility index (Phi) is 9.49. The second kappa shape index (κ2) is 9.51. The van der Waals surface area contributed by atoms with Gasteiger partial charge in [-0.1, -0.05) is 52.4 Å². The Balaban J connectivity index is 2.99. The van der Waals surface area contributed by atoms with E-state index in [1.165, 1.54) is 51.5 Å². The maximum Gasteiger partial charge on any atom is -0.00248 e. The van der Waals surface area contributed by atoms with Crippen LogP contribution in [-0.4, -0.2) is 25.5 Å². The van der Waals surface area contributed by atoms with Gasteiger partial charge >= 0.3 is 0 Å². The molecule has 0 amide bonds. The van der Waals surface area contributed by atoms with Gasteiger partial charge in [0, 0.05) is 0 Å². The third kappa shape index (κ3) is 10.0. The van der Waals surface area contributed by atoms with Crippen molar-refractivity contribution in [3.05, 3.63) is 0 Å². The fourth-order valence-corrected chi connectivity index (χ4v) is 1.66. The van der Waals surface area contributed by atoms with E-state index in [1.807, 2.05) is 0 Å². The summed E-state index contributed by atoms with van der Waals surface area (Å²) < 4.78 is 0. The molecule has 0 radical (unpaired) electrons. The van der Waals surface area contributed by atoms with E-state index in [0.717, 1.165) is 5.92 Å².